The van der Waals surface area contributed by atoms with E-state index >= 15 is 0 Å². The second kappa shape index (κ2) is 5.25. The number of aromatic amines is 1. The van der Waals surface area contributed by atoms with Gasteiger partial charge in [-0.25, -0.2) is 5.10 Å². The van der Waals surface area contributed by atoms with Crippen LogP contribution >= 0.6 is 0 Å². The molecule has 112 valence electrons. The number of benzene rings is 1. The summed E-state index contributed by atoms with van der Waals surface area (Å²) in [7, 11) is 0. The van der Waals surface area contributed by atoms with E-state index in [-0.39, 0.29) is 22.0 Å². The molecule has 1 N–H and O–H groups in total. The van der Waals surface area contributed by atoms with Gasteiger partial charge in [0.1, 0.15) is 5.92 Å². The highest BCUT2D eigenvalue weighted by Gasteiger charge is 2.44. The van der Waals surface area contributed by atoms with Crippen LogP contribution in [0.25, 0.3) is 10.8 Å². The van der Waals surface area contributed by atoms with Crippen LogP contribution in [-0.4, -0.2) is 21.4 Å². The standard InChI is InChI=1S/C15H10F3N3O/c16-15(17,18)12(9-5-7-19-8-6-9)13-10-3-1-2-4-11(10)14(22)21-20-13/h1-8,12H,(H,21,22). The summed E-state index contributed by atoms with van der Waals surface area (Å²) in [6.45, 7) is 0. The zero-order valence-corrected chi connectivity index (χ0v) is 11.1. The van der Waals surface area contributed by atoms with Gasteiger partial charge >= 0.3 is 6.18 Å². The van der Waals surface area contributed by atoms with Gasteiger partial charge in [-0.1, -0.05) is 18.2 Å². The van der Waals surface area contributed by atoms with E-state index in [4.69, 9.17) is 0 Å². The lowest BCUT2D eigenvalue weighted by Crippen LogP contribution is -2.25. The summed E-state index contributed by atoms with van der Waals surface area (Å²) in [4.78, 5) is 15.5. The normalized spacial score (nSPS) is 13.2. The van der Waals surface area contributed by atoms with Gasteiger partial charge in [0.2, 0.25) is 0 Å². The van der Waals surface area contributed by atoms with Crippen LogP contribution in [0.15, 0.2) is 53.6 Å². The first-order valence-corrected chi connectivity index (χ1v) is 6.42. The molecule has 0 fully saturated rings. The monoisotopic (exact) mass is 305 g/mol. The third-order valence-electron chi connectivity index (χ3n) is 3.37. The van der Waals surface area contributed by atoms with Gasteiger partial charge in [-0.15, -0.1) is 0 Å². The number of pyridine rings is 1. The predicted molar refractivity (Wildman–Crippen MR) is 74.5 cm³/mol. The number of hydrogen-bond acceptors (Lipinski definition) is 3. The quantitative estimate of drug-likeness (QED) is 0.792. The van der Waals surface area contributed by atoms with Crippen LogP contribution in [-0.2, 0) is 0 Å². The molecular weight excluding hydrogens is 295 g/mol. The fourth-order valence-corrected chi connectivity index (χ4v) is 2.41. The van der Waals surface area contributed by atoms with Crippen molar-refractivity contribution < 1.29 is 13.2 Å². The Morgan fingerprint density at radius 2 is 1.64 bits per heavy atom. The first-order chi connectivity index (χ1) is 10.5. The molecule has 0 aliphatic rings. The highest BCUT2D eigenvalue weighted by Crippen LogP contribution is 2.40. The summed E-state index contributed by atoms with van der Waals surface area (Å²) in [6, 6.07) is 8.69. The smallest absolute Gasteiger partial charge is 0.267 e. The SMILES string of the molecule is O=c1[nH]nc(C(c2ccncc2)C(F)(F)F)c2ccccc12. The van der Waals surface area contributed by atoms with E-state index in [0.29, 0.717) is 0 Å². The Bertz CT molecular complexity index is 859. The molecule has 7 heteroatoms. The van der Waals surface area contributed by atoms with Gasteiger partial charge in [0.05, 0.1) is 11.1 Å². The minimum atomic E-state index is -4.55. The molecular formula is C15H10F3N3O. The predicted octanol–water partition coefficient (Wildman–Crippen LogP) is 3.01. The molecule has 2 aromatic heterocycles. The molecule has 0 amide bonds. The van der Waals surface area contributed by atoms with E-state index < -0.39 is 17.7 Å². The Morgan fingerprint density at radius 3 is 2.27 bits per heavy atom. The van der Waals surface area contributed by atoms with Gasteiger partial charge < -0.3 is 0 Å². The fraction of sp³-hybridized carbons (Fsp3) is 0.133. The number of H-pyrrole nitrogens is 1. The maximum atomic E-state index is 13.6. The largest absolute Gasteiger partial charge is 0.401 e. The number of nitrogens with zero attached hydrogens (tertiary/aromatic N) is 2. The van der Waals surface area contributed by atoms with Crippen LogP contribution in [0.1, 0.15) is 17.2 Å². The minimum absolute atomic E-state index is 0.0206. The molecule has 22 heavy (non-hydrogen) atoms. The lowest BCUT2D eigenvalue weighted by Gasteiger charge is -2.21. The zero-order chi connectivity index (χ0) is 15.7. The van der Waals surface area contributed by atoms with Crippen molar-refractivity contribution in [3.8, 4) is 0 Å². The lowest BCUT2D eigenvalue weighted by atomic mass is 9.92. The van der Waals surface area contributed by atoms with Crippen molar-refractivity contribution in [1.29, 1.82) is 0 Å². The van der Waals surface area contributed by atoms with Crippen LogP contribution < -0.4 is 5.56 Å². The van der Waals surface area contributed by atoms with Gasteiger partial charge in [-0.05, 0) is 23.8 Å². The zero-order valence-electron chi connectivity index (χ0n) is 11.1. The number of fused-ring (bicyclic) bond motifs is 1. The van der Waals surface area contributed by atoms with Gasteiger partial charge in [-0.2, -0.15) is 18.3 Å². The summed E-state index contributed by atoms with van der Waals surface area (Å²) < 4.78 is 40.7. The number of hydrogen-bond donors (Lipinski definition) is 1. The number of aromatic nitrogens is 3. The summed E-state index contributed by atoms with van der Waals surface area (Å²) >= 11 is 0. The summed E-state index contributed by atoms with van der Waals surface area (Å²) in [5.41, 5.74) is -0.726. The second-order valence-electron chi connectivity index (χ2n) is 4.74. The Hall–Kier alpha value is -2.70. The van der Waals surface area contributed by atoms with Crippen LogP contribution in [0.5, 0.6) is 0 Å². The summed E-state index contributed by atoms with van der Waals surface area (Å²) in [5, 5.41) is 6.18. The van der Waals surface area contributed by atoms with Crippen LogP contribution in [0.2, 0.25) is 0 Å². The molecule has 3 aromatic rings. The van der Waals surface area contributed by atoms with Crippen molar-refractivity contribution in [3.63, 3.8) is 0 Å². The van der Waals surface area contributed by atoms with Crippen LogP contribution in [0, 0.1) is 0 Å². The van der Waals surface area contributed by atoms with Crippen molar-refractivity contribution in [1.82, 2.24) is 15.2 Å². The molecule has 4 nitrogen and oxygen atoms in total. The summed E-state index contributed by atoms with van der Waals surface area (Å²) in [5.74, 6) is -1.93. The maximum absolute atomic E-state index is 13.6. The van der Waals surface area contributed by atoms with Crippen molar-refractivity contribution in [3.05, 3.63) is 70.4 Å². The molecule has 1 atom stereocenters. The highest BCUT2D eigenvalue weighted by molar-refractivity contribution is 5.84. The molecule has 0 aliphatic carbocycles. The Morgan fingerprint density at radius 1 is 1.00 bits per heavy atom. The molecule has 3 rings (SSSR count). The molecule has 0 saturated carbocycles. The van der Waals surface area contributed by atoms with Crippen LogP contribution in [0.4, 0.5) is 13.2 Å². The van der Waals surface area contributed by atoms with Gasteiger partial charge in [0.15, 0.2) is 0 Å². The number of alkyl halides is 3. The van der Waals surface area contributed by atoms with Crippen molar-refractivity contribution in [2.24, 2.45) is 0 Å². The molecule has 2 heterocycles. The molecule has 0 bridgehead atoms. The average molecular weight is 305 g/mol. The van der Waals surface area contributed by atoms with Crippen LogP contribution in [0.3, 0.4) is 0 Å². The highest BCUT2D eigenvalue weighted by atomic mass is 19.4. The number of halogens is 3. The fourth-order valence-electron chi connectivity index (χ4n) is 2.41. The molecule has 0 spiro atoms. The van der Waals surface area contributed by atoms with E-state index in [1.54, 1.807) is 12.1 Å². The van der Waals surface area contributed by atoms with E-state index in [9.17, 15) is 18.0 Å². The molecule has 1 unspecified atom stereocenters. The Labute approximate surface area is 122 Å². The van der Waals surface area contributed by atoms with Crippen molar-refractivity contribution >= 4 is 10.8 Å². The second-order valence-corrected chi connectivity index (χ2v) is 4.74. The van der Waals surface area contributed by atoms with Gasteiger partial charge in [-0.3, -0.25) is 9.78 Å². The molecule has 0 saturated heterocycles. The number of rotatable bonds is 2. The van der Waals surface area contributed by atoms with Gasteiger partial charge in [0.25, 0.3) is 5.56 Å². The Kier molecular flexibility index (Phi) is 3.40. The maximum Gasteiger partial charge on any atom is 0.401 e. The average Bonchev–Trinajstić information content (AvgIpc) is 2.50. The third-order valence-corrected chi connectivity index (χ3v) is 3.37. The third kappa shape index (κ3) is 2.45. The lowest BCUT2D eigenvalue weighted by molar-refractivity contribution is -0.141. The van der Waals surface area contributed by atoms with Gasteiger partial charge in [0, 0.05) is 17.8 Å². The first kappa shape index (κ1) is 14.2. The topological polar surface area (TPSA) is 58.6 Å². The first-order valence-electron chi connectivity index (χ1n) is 6.42. The van der Waals surface area contributed by atoms with E-state index in [2.05, 4.69) is 15.2 Å². The van der Waals surface area contributed by atoms with E-state index in [1.165, 1.54) is 36.7 Å². The summed E-state index contributed by atoms with van der Waals surface area (Å²) in [6.07, 6.45) is -1.96. The van der Waals surface area contributed by atoms with E-state index in [1.807, 2.05) is 0 Å². The molecule has 1 aromatic carbocycles. The molecule has 0 aliphatic heterocycles. The number of nitrogens with one attached hydrogen (secondary N) is 1. The van der Waals surface area contributed by atoms with E-state index in [0.717, 1.165) is 0 Å². The minimum Gasteiger partial charge on any atom is -0.267 e. The van der Waals surface area contributed by atoms with Crippen molar-refractivity contribution in [2.45, 2.75) is 12.1 Å². The Balaban J connectivity index is 2.31. The van der Waals surface area contributed by atoms with Crippen molar-refractivity contribution in [2.75, 3.05) is 0 Å². The molecule has 0 radical (unpaired) electrons.